The van der Waals surface area contributed by atoms with Crippen LogP contribution in [0.15, 0.2) is 50.9 Å². The Labute approximate surface area is 247 Å². The number of para-hydroxylation sites is 2. The van der Waals surface area contributed by atoms with Crippen LogP contribution >= 0.6 is 8.17 Å². The van der Waals surface area contributed by atoms with E-state index in [1.165, 1.54) is 19.1 Å². The molecule has 2 unspecified atom stereocenters. The Balaban J connectivity index is 1.57. The standard InChI is InChI=1S/C27H35FN3O11P/c1-16(9-5-4-6-12-22(33)34)40-24(36)17(2)30-43(38)42-19-11-8-7-10-18(19)39-15-20-23(35)27(3,28)25(41-20)31-14-13-21(32)29-26(31)37/h7-8,10-11,13-14,16-17,20,23,25,35H,4-6,9,12,15H2,1-3H3,(H,33,34)(H,29,32,37)/t16?,17-,20+,23+,25+,27+/m0/s1. The maximum Gasteiger partial charge on any atom is 0.395 e. The minimum Gasteiger partial charge on any atom is -0.575 e. The van der Waals surface area contributed by atoms with Crippen LogP contribution in [-0.4, -0.2) is 68.3 Å². The lowest BCUT2D eigenvalue weighted by atomic mass is 9.98. The number of aromatic amines is 1. The van der Waals surface area contributed by atoms with Crippen molar-refractivity contribution in [3.63, 3.8) is 0 Å². The number of esters is 1. The predicted molar refractivity (Wildman–Crippen MR) is 148 cm³/mol. The first kappa shape index (κ1) is 33.8. The number of H-pyrrole nitrogens is 1. The number of nitrogens with one attached hydrogen (secondary N) is 1. The SMILES string of the molecule is CC(CCCCCC(=O)O)OC(=O)[C@H](C)N=[P+]([O-])Oc1ccccc1OC[C@H]1O[C@@H](n2ccc(=O)[nH]c2=O)[C@](C)(F)[C@@H]1O. The molecule has 3 N–H and O–H groups in total. The Morgan fingerprint density at radius 3 is 2.58 bits per heavy atom. The van der Waals surface area contributed by atoms with Gasteiger partial charge in [0.15, 0.2) is 23.7 Å². The molecule has 7 atom stereocenters. The molecule has 0 bridgehead atoms. The number of halogens is 1. The number of carboxylic acids is 1. The number of aromatic nitrogens is 2. The van der Waals surface area contributed by atoms with Crippen molar-refractivity contribution < 1.29 is 47.8 Å². The van der Waals surface area contributed by atoms with Crippen molar-refractivity contribution in [2.75, 3.05) is 6.61 Å². The van der Waals surface area contributed by atoms with E-state index in [4.69, 9.17) is 23.8 Å². The number of hydrogen-bond acceptors (Lipinski definition) is 11. The van der Waals surface area contributed by atoms with Crippen LogP contribution in [-0.2, 0) is 19.1 Å². The molecule has 2 heterocycles. The molecule has 0 radical (unpaired) electrons. The summed E-state index contributed by atoms with van der Waals surface area (Å²) in [5.41, 5.74) is -4.01. The molecule has 1 saturated heterocycles. The number of nitrogens with zero attached hydrogens (tertiary/aromatic N) is 2. The summed E-state index contributed by atoms with van der Waals surface area (Å²) in [6.07, 6.45) is -1.36. The van der Waals surface area contributed by atoms with Gasteiger partial charge < -0.3 is 29.3 Å². The van der Waals surface area contributed by atoms with E-state index in [-0.39, 0.29) is 24.5 Å². The largest absolute Gasteiger partial charge is 0.575 e. The van der Waals surface area contributed by atoms with Gasteiger partial charge in [-0.2, -0.15) is 0 Å². The molecule has 3 rings (SSSR count). The zero-order valence-electron chi connectivity index (χ0n) is 23.9. The molecular weight excluding hydrogens is 592 g/mol. The highest BCUT2D eigenvalue weighted by Crippen LogP contribution is 2.41. The number of hydrogen-bond donors (Lipinski definition) is 3. The number of ether oxygens (including phenoxy) is 3. The Bertz CT molecular complexity index is 1410. The summed E-state index contributed by atoms with van der Waals surface area (Å²) in [5.74, 6) is -1.50. The summed E-state index contributed by atoms with van der Waals surface area (Å²) in [7, 11) is -2.75. The molecule has 0 spiro atoms. The van der Waals surface area contributed by atoms with E-state index in [0.29, 0.717) is 25.7 Å². The lowest BCUT2D eigenvalue weighted by Crippen LogP contribution is -2.43. The first-order chi connectivity index (χ1) is 20.3. The fourth-order valence-electron chi connectivity index (χ4n) is 4.32. The molecule has 1 aliphatic heterocycles. The zero-order valence-corrected chi connectivity index (χ0v) is 24.8. The molecule has 14 nitrogen and oxygen atoms in total. The van der Waals surface area contributed by atoms with Gasteiger partial charge >= 0.3 is 25.8 Å². The molecule has 2 aromatic rings. The van der Waals surface area contributed by atoms with Crippen LogP contribution in [0.4, 0.5) is 4.39 Å². The minimum atomic E-state index is -2.75. The second-order valence-corrected chi connectivity index (χ2v) is 11.1. The summed E-state index contributed by atoms with van der Waals surface area (Å²) >= 11 is 0. The van der Waals surface area contributed by atoms with Crippen molar-refractivity contribution in [2.45, 2.75) is 89.1 Å². The topological polar surface area (TPSA) is 202 Å². The van der Waals surface area contributed by atoms with Gasteiger partial charge in [0, 0.05) is 18.7 Å². The molecule has 0 saturated carbocycles. The van der Waals surface area contributed by atoms with Crippen molar-refractivity contribution in [3.05, 3.63) is 57.4 Å². The average Bonchev–Trinajstić information content (AvgIpc) is 3.15. The molecule has 16 heteroatoms. The lowest BCUT2D eigenvalue weighted by Gasteiger charge is -2.24. The molecule has 43 heavy (non-hydrogen) atoms. The van der Waals surface area contributed by atoms with E-state index in [9.17, 15) is 29.2 Å². The highest BCUT2D eigenvalue weighted by Gasteiger charge is 2.55. The van der Waals surface area contributed by atoms with Gasteiger partial charge in [0.1, 0.15) is 18.8 Å². The highest BCUT2D eigenvalue weighted by molar-refractivity contribution is 7.34. The van der Waals surface area contributed by atoms with Gasteiger partial charge in [-0.3, -0.25) is 23.7 Å². The third kappa shape index (κ3) is 9.42. The molecule has 1 aromatic carbocycles. The van der Waals surface area contributed by atoms with Crippen molar-refractivity contribution in [1.29, 1.82) is 0 Å². The molecule has 236 valence electrons. The van der Waals surface area contributed by atoms with Crippen LogP contribution in [0.5, 0.6) is 11.5 Å². The Morgan fingerprint density at radius 1 is 1.21 bits per heavy atom. The number of unbranched alkanes of at least 4 members (excludes halogenated alkanes) is 2. The van der Waals surface area contributed by atoms with Gasteiger partial charge in [-0.1, -0.05) is 23.3 Å². The average molecular weight is 628 g/mol. The van der Waals surface area contributed by atoms with E-state index in [1.807, 2.05) is 4.98 Å². The second-order valence-electron chi connectivity index (χ2n) is 10.3. The van der Waals surface area contributed by atoms with Gasteiger partial charge in [0.2, 0.25) is 5.75 Å². The predicted octanol–water partition coefficient (Wildman–Crippen LogP) is 2.19. The van der Waals surface area contributed by atoms with Gasteiger partial charge in [-0.25, -0.2) is 14.0 Å². The smallest absolute Gasteiger partial charge is 0.395 e. The number of alkyl halides is 1. The van der Waals surface area contributed by atoms with Crippen molar-refractivity contribution >= 4 is 20.1 Å². The van der Waals surface area contributed by atoms with Crippen LogP contribution in [0, 0.1) is 0 Å². The fraction of sp³-hybridized carbons (Fsp3) is 0.556. The highest BCUT2D eigenvalue weighted by atomic mass is 31.1. The number of aliphatic hydroxyl groups is 1. The molecule has 1 fully saturated rings. The molecule has 0 amide bonds. The van der Waals surface area contributed by atoms with E-state index < -0.39 is 67.6 Å². The van der Waals surface area contributed by atoms with Gasteiger partial charge in [-0.15, -0.1) is 0 Å². The van der Waals surface area contributed by atoms with E-state index in [2.05, 4.69) is 4.74 Å². The zero-order chi connectivity index (χ0) is 31.7. The first-order valence-corrected chi connectivity index (χ1v) is 14.8. The van der Waals surface area contributed by atoms with Gasteiger partial charge in [0.05, 0.1) is 6.10 Å². The van der Waals surface area contributed by atoms with Crippen molar-refractivity contribution in [3.8, 4) is 11.5 Å². The number of carboxylic acid groups (broad SMARTS) is 1. The van der Waals surface area contributed by atoms with E-state index in [0.717, 1.165) is 23.8 Å². The van der Waals surface area contributed by atoms with Gasteiger partial charge in [0.25, 0.3) is 5.56 Å². The van der Waals surface area contributed by atoms with E-state index in [1.54, 1.807) is 19.1 Å². The van der Waals surface area contributed by atoms with Crippen molar-refractivity contribution in [2.24, 2.45) is 4.74 Å². The number of aliphatic hydroxyl groups excluding tert-OH is 1. The maximum atomic E-state index is 15.4. The summed E-state index contributed by atoms with van der Waals surface area (Å²) in [4.78, 5) is 61.1. The number of rotatable bonds is 15. The normalized spacial score (nSPS) is 23.4. The first-order valence-electron chi connectivity index (χ1n) is 13.6. The monoisotopic (exact) mass is 627 g/mol. The minimum absolute atomic E-state index is 0.00782. The lowest BCUT2D eigenvalue weighted by molar-refractivity contribution is -0.170. The molecule has 0 aliphatic carbocycles. The number of aliphatic carboxylic acids is 1. The van der Waals surface area contributed by atoms with Crippen LogP contribution in [0.1, 0.15) is 59.1 Å². The Morgan fingerprint density at radius 2 is 1.91 bits per heavy atom. The summed E-state index contributed by atoms with van der Waals surface area (Å²) in [5, 5.41) is 19.2. The second kappa shape index (κ2) is 15.2. The fourth-order valence-corrected chi connectivity index (χ4v) is 5.06. The van der Waals surface area contributed by atoms with Crippen molar-refractivity contribution in [1.82, 2.24) is 9.55 Å². The summed E-state index contributed by atoms with van der Waals surface area (Å²) in [6.45, 7) is 3.76. The van der Waals surface area contributed by atoms with Gasteiger partial charge in [-0.05, 0) is 52.2 Å². The molecule has 1 aromatic heterocycles. The number of benzene rings is 1. The van der Waals surface area contributed by atoms with Crippen LogP contribution < -0.4 is 25.4 Å². The third-order valence-electron chi connectivity index (χ3n) is 6.68. The van der Waals surface area contributed by atoms with E-state index >= 15 is 4.39 Å². The summed E-state index contributed by atoms with van der Waals surface area (Å²) < 4.78 is 42.1. The Hall–Kier alpha value is -3.65. The number of carbonyl (C=O) groups is 2. The molecular formula is C27H35FN3O11P. The number of carbonyl (C=O) groups excluding carboxylic acids is 1. The molecule has 1 aliphatic rings. The van der Waals surface area contributed by atoms with Crippen LogP contribution in [0.3, 0.4) is 0 Å². The summed E-state index contributed by atoms with van der Waals surface area (Å²) in [6, 6.07) is 5.97. The quantitative estimate of drug-likeness (QED) is 0.148. The third-order valence-corrected chi connectivity index (χ3v) is 7.56. The Kier molecular flexibility index (Phi) is 12.0. The maximum absolute atomic E-state index is 15.4. The van der Waals surface area contributed by atoms with Crippen LogP contribution in [0.2, 0.25) is 0 Å². The van der Waals surface area contributed by atoms with Crippen LogP contribution in [0.25, 0.3) is 0 Å².